The Labute approximate surface area is 130 Å². The monoisotopic (exact) mass is 302 g/mol. The summed E-state index contributed by atoms with van der Waals surface area (Å²) in [5, 5.41) is 1.12. The third-order valence-electron chi connectivity index (χ3n) is 3.91. The topological polar surface area (TPSA) is 45.4 Å². The van der Waals surface area contributed by atoms with Gasteiger partial charge in [0.25, 0.3) is 0 Å². The number of nitrogens with two attached hydrogens (primary N) is 1. The largest absolute Gasteiger partial charge is 0.347 e. The maximum Gasteiger partial charge on any atom is 0.186 e. The highest BCUT2D eigenvalue weighted by Crippen LogP contribution is 2.33. The molecule has 0 radical (unpaired) electrons. The Morgan fingerprint density at radius 3 is 2.71 bits per heavy atom. The van der Waals surface area contributed by atoms with Crippen LogP contribution in [0.2, 0.25) is 0 Å². The lowest BCUT2D eigenvalue weighted by Crippen LogP contribution is -2.28. The van der Waals surface area contributed by atoms with E-state index in [1.165, 1.54) is 11.3 Å². The summed E-state index contributed by atoms with van der Waals surface area (Å²) in [5.74, 6) is 0. The Morgan fingerprint density at radius 2 is 1.95 bits per heavy atom. The van der Waals surface area contributed by atoms with Crippen LogP contribution in [0.1, 0.15) is 11.3 Å². The summed E-state index contributed by atoms with van der Waals surface area (Å²) in [4.78, 5) is 10.8. The molecule has 1 aliphatic rings. The van der Waals surface area contributed by atoms with Crippen LogP contribution >= 0.6 is 11.3 Å². The van der Waals surface area contributed by atoms with E-state index in [1.807, 2.05) is 6.07 Å². The number of thiazole rings is 1. The second-order valence-corrected chi connectivity index (χ2v) is 6.54. The number of likely N-dealkylation sites (N-methyl/N-ethyl adjacent to an activating group) is 1. The van der Waals surface area contributed by atoms with E-state index in [0.717, 1.165) is 42.6 Å². The fourth-order valence-electron chi connectivity index (χ4n) is 2.67. The molecule has 1 aliphatic heterocycles. The number of benzene rings is 1. The highest BCUT2D eigenvalue weighted by atomic mass is 32.1. The Bertz CT molecular complexity index is 581. The summed E-state index contributed by atoms with van der Waals surface area (Å²) >= 11 is 1.74. The van der Waals surface area contributed by atoms with Crippen molar-refractivity contribution in [3.05, 3.63) is 35.2 Å². The third-order valence-corrected chi connectivity index (χ3v) is 5.05. The first-order chi connectivity index (χ1) is 10.3. The Kier molecular flexibility index (Phi) is 4.53. The van der Waals surface area contributed by atoms with Gasteiger partial charge < -0.3 is 15.5 Å². The third kappa shape index (κ3) is 3.26. The number of anilines is 1. The molecule has 0 atom stereocenters. The molecule has 1 aromatic heterocycles. The van der Waals surface area contributed by atoms with Crippen molar-refractivity contribution >= 4 is 16.5 Å². The molecule has 3 rings (SSSR count). The molecule has 1 aromatic carbocycles. The van der Waals surface area contributed by atoms with Crippen LogP contribution in [0.5, 0.6) is 0 Å². The van der Waals surface area contributed by atoms with Gasteiger partial charge in [0, 0.05) is 36.6 Å². The van der Waals surface area contributed by atoms with Gasteiger partial charge in [-0.25, -0.2) is 4.98 Å². The van der Waals surface area contributed by atoms with E-state index in [2.05, 4.69) is 41.1 Å². The zero-order chi connectivity index (χ0) is 14.7. The molecule has 0 amide bonds. The Hall–Kier alpha value is -1.43. The van der Waals surface area contributed by atoms with Crippen molar-refractivity contribution in [2.75, 3.05) is 38.1 Å². The lowest BCUT2D eigenvalue weighted by Gasteiger charge is -2.19. The van der Waals surface area contributed by atoms with Crippen molar-refractivity contribution in [3.63, 3.8) is 0 Å². The number of hydrogen-bond donors (Lipinski definition) is 1. The van der Waals surface area contributed by atoms with E-state index in [-0.39, 0.29) is 0 Å². The first-order valence-electron chi connectivity index (χ1n) is 7.46. The van der Waals surface area contributed by atoms with Gasteiger partial charge in [-0.15, -0.1) is 0 Å². The van der Waals surface area contributed by atoms with E-state index in [0.29, 0.717) is 6.54 Å². The number of aromatic nitrogens is 1. The van der Waals surface area contributed by atoms with E-state index in [1.54, 1.807) is 11.3 Å². The molecular formula is C16H22N4S. The minimum atomic E-state index is 0.551. The standard InChI is InChI=1S/C16H22N4S/c1-19-8-5-9-20(11-10-19)16-18-15(14(12-17)21-16)13-6-3-2-4-7-13/h2-4,6-7H,5,8-12,17H2,1H3. The minimum Gasteiger partial charge on any atom is -0.347 e. The average molecular weight is 302 g/mol. The van der Waals surface area contributed by atoms with Crippen LogP contribution in [0, 0.1) is 0 Å². The first kappa shape index (κ1) is 14.5. The fourth-order valence-corrected chi connectivity index (χ4v) is 3.68. The van der Waals surface area contributed by atoms with Crippen LogP contribution < -0.4 is 10.6 Å². The summed E-state index contributed by atoms with van der Waals surface area (Å²) < 4.78 is 0. The Balaban J connectivity index is 1.89. The zero-order valence-electron chi connectivity index (χ0n) is 12.5. The lowest BCUT2D eigenvalue weighted by atomic mass is 10.1. The molecule has 1 fully saturated rings. The molecule has 0 bridgehead atoms. The number of rotatable bonds is 3. The smallest absolute Gasteiger partial charge is 0.186 e. The summed E-state index contributed by atoms with van der Waals surface area (Å²) in [6.07, 6.45) is 1.19. The van der Waals surface area contributed by atoms with Gasteiger partial charge in [0.15, 0.2) is 5.13 Å². The second kappa shape index (κ2) is 6.56. The van der Waals surface area contributed by atoms with Crippen molar-refractivity contribution in [1.82, 2.24) is 9.88 Å². The molecule has 2 heterocycles. The van der Waals surface area contributed by atoms with Gasteiger partial charge in [-0.2, -0.15) is 0 Å². The Morgan fingerprint density at radius 1 is 1.14 bits per heavy atom. The van der Waals surface area contributed by atoms with Crippen LogP contribution in [0.25, 0.3) is 11.3 Å². The van der Waals surface area contributed by atoms with E-state index >= 15 is 0 Å². The maximum absolute atomic E-state index is 5.93. The normalized spacial score (nSPS) is 17.0. The van der Waals surface area contributed by atoms with Crippen molar-refractivity contribution in [3.8, 4) is 11.3 Å². The molecular weight excluding hydrogens is 280 g/mol. The predicted molar refractivity (Wildman–Crippen MR) is 89.8 cm³/mol. The number of hydrogen-bond acceptors (Lipinski definition) is 5. The summed E-state index contributed by atoms with van der Waals surface area (Å²) in [5.41, 5.74) is 8.14. The van der Waals surface area contributed by atoms with Crippen molar-refractivity contribution in [2.45, 2.75) is 13.0 Å². The van der Waals surface area contributed by atoms with Gasteiger partial charge in [-0.1, -0.05) is 41.7 Å². The highest BCUT2D eigenvalue weighted by Gasteiger charge is 2.18. The molecule has 5 heteroatoms. The fraction of sp³-hybridized carbons (Fsp3) is 0.438. The molecule has 0 spiro atoms. The molecule has 112 valence electrons. The second-order valence-electron chi connectivity index (χ2n) is 5.48. The quantitative estimate of drug-likeness (QED) is 0.946. The molecule has 21 heavy (non-hydrogen) atoms. The predicted octanol–water partition coefficient (Wildman–Crippen LogP) is 2.41. The molecule has 0 saturated carbocycles. The summed E-state index contributed by atoms with van der Waals surface area (Å²) in [7, 11) is 2.19. The first-order valence-corrected chi connectivity index (χ1v) is 8.28. The minimum absolute atomic E-state index is 0.551. The van der Waals surface area contributed by atoms with Crippen LogP contribution in [-0.2, 0) is 6.54 Å². The van der Waals surface area contributed by atoms with Crippen LogP contribution in [0.15, 0.2) is 30.3 Å². The molecule has 0 unspecified atom stereocenters. The van der Waals surface area contributed by atoms with Gasteiger partial charge in [0.2, 0.25) is 0 Å². The molecule has 4 nitrogen and oxygen atoms in total. The van der Waals surface area contributed by atoms with Gasteiger partial charge in [-0.05, 0) is 20.0 Å². The average Bonchev–Trinajstić information content (AvgIpc) is 2.84. The van der Waals surface area contributed by atoms with Crippen molar-refractivity contribution < 1.29 is 0 Å². The summed E-state index contributed by atoms with van der Waals surface area (Å²) in [6, 6.07) is 10.3. The number of nitrogens with zero attached hydrogens (tertiary/aromatic N) is 3. The molecule has 0 aliphatic carbocycles. The highest BCUT2D eigenvalue weighted by molar-refractivity contribution is 7.16. The molecule has 2 N–H and O–H groups in total. The SMILES string of the molecule is CN1CCCN(c2nc(-c3ccccc3)c(CN)s2)CC1. The van der Waals surface area contributed by atoms with Crippen LogP contribution in [0.4, 0.5) is 5.13 Å². The van der Waals surface area contributed by atoms with Gasteiger partial charge in [-0.3, -0.25) is 0 Å². The molecule has 2 aromatic rings. The van der Waals surface area contributed by atoms with Crippen LogP contribution in [0.3, 0.4) is 0 Å². The van der Waals surface area contributed by atoms with E-state index in [9.17, 15) is 0 Å². The van der Waals surface area contributed by atoms with E-state index in [4.69, 9.17) is 10.7 Å². The van der Waals surface area contributed by atoms with Gasteiger partial charge >= 0.3 is 0 Å². The van der Waals surface area contributed by atoms with Crippen molar-refractivity contribution in [1.29, 1.82) is 0 Å². The van der Waals surface area contributed by atoms with Crippen LogP contribution in [-0.4, -0.2) is 43.1 Å². The van der Waals surface area contributed by atoms with Crippen molar-refractivity contribution in [2.24, 2.45) is 5.73 Å². The van der Waals surface area contributed by atoms with E-state index < -0.39 is 0 Å². The summed E-state index contributed by atoms with van der Waals surface area (Å²) in [6.45, 7) is 4.93. The molecule has 1 saturated heterocycles. The van der Waals surface area contributed by atoms with Gasteiger partial charge in [0.05, 0.1) is 5.69 Å². The maximum atomic E-state index is 5.93. The zero-order valence-corrected chi connectivity index (χ0v) is 13.3. The van der Waals surface area contributed by atoms with Gasteiger partial charge in [0.1, 0.15) is 0 Å². The lowest BCUT2D eigenvalue weighted by molar-refractivity contribution is 0.360.